The fraction of sp³-hybridized carbons (Fsp3) is 0.597. The molecule has 0 aliphatic carbocycles. The lowest BCUT2D eigenvalue weighted by atomic mass is 10.1. The minimum absolute atomic E-state index is 0.137. The van der Waals surface area contributed by atoms with Gasteiger partial charge in [0.05, 0.1) is 40.3 Å². The van der Waals surface area contributed by atoms with Gasteiger partial charge in [-0.1, -0.05) is 205 Å². The average Bonchev–Trinajstić information content (AvgIpc) is 3.34. The number of carboxylic acid groups (broad SMARTS) is 1. The van der Waals surface area contributed by atoms with Crippen LogP contribution in [-0.4, -0.2) is 82.3 Å². The third kappa shape index (κ3) is 53.1. The number of carboxylic acids is 1. The molecule has 0 aliphatic rings. The molecule has 0 fully saturated rings. The molecule has 0 saturated carbocycles. The van der Waals surface area contributed by atoms with Gasteiger partial charge in [-0.3, -0.25) is 9.59 Å². The fourth-order valence-corrected chi connectivity index (χ4v) is 6.71. The van der Waals surface area contributed by atoms with Crippen LogP contribution in [0.2, 0.25) is 0 Å². The Morgan fingerprint density at radius 1 is 0.437 bits per heavy atom. The molecule has 0 aromatic heterocycles. The fourth-order valence-electron chi connectivity index (χ4n) is 6.71. The second-order valence-electron chi connectivity index (χ2n) is 18.8. The number of carbonyl (C=O) groups excluding carboxylic acids is 3. The Bertz CT molecular complexity index is 1620. The number of likely N-dealkylation sites (N-methyl/N-ethyl adjacent to an activating group) is 1. The number of hydrogen-bond acceptors (Lipinski definition) is 8. The Balaban J connectivity index is 4.15. The van der Waals surface area contributed by atoms with Gasteiger partial charge in [0, 0.05) is 12.8 Å². The highest BCUT2D eigenvalue weighted by Gasteiger charge is 2.21. The zero-order valence-corrected chi connectivity index (χ0v) is 45.3. The first-order chi connectivity index (χ1) is 34.6. The molecule has 0 spiro atoms. The van der Waals surface area contributed by atoms with Gasteiger partial charge < -0.3 is 33.3 Å². The normalized spacial score (nSPS) is 13.9. The van der Waals surface area contributed by atoms with E-state index in [1.54, 1.807) is 0 Å². The van der Waals surface area contributed by atoms with E-state index in [1.165, 1.54) is 19.3 Å². The lowest BCUT2D eigenvalue weighted by Gasteiger charge is -2.26. The second-order valence-corrected chi connectivity index (χ2v) is 18.8. The maximum atomic E-state index is 12.8. The Labute approximate surface area is 433 Å². The van der Waals surface area contributed by atoms with Crippen molar-refractivity contribution in [1.29, 1.82) is 0 Å². The molecule has 0 aromatic rings. The van der Waals surface area contributed by atoms with Gasteiger partial charge >= 0.3 is 11.9 Å². The van der Waals surface area contributed by atoms with Crippen LogP contribution in [0, 0.1) is 0 Å². The first-order valence-corrected chi connectivity index (χ1v) is 27.3. The molecule has 9 nitrogen and oxygen atoms in total. The molecular weight excluding hydrogens is 887 g/mol. The predicted octanol–water partition coefficient (Wildman–Crippen LogP) is 14.6. The molecule has 9 heteroatoms. The van der Waals surface area contributed by atoms with Crippen molar-refractivity contribution in [2.45, 2.75) is 193 Å². The molecule has 0 amide bonds. The monoisotopic (exact) mass is 986 g/mol. The molecule has 71 heavy (non-hydrogen) atoms. The number of quaternary nitrogens is 1. The Morgan fingerprint density at radius 3 is 1.20 bits per heavy atom. The number of carbonyl (C=O) groups is 3. The van der Waals surface area contributed by atoms with Gasteiger partial charge in [-0.05, 0) is 96.3 Å². The standard InChI is InChI=1S/C62H99NO8/c1-6-8-10-12-14-15-16-17-18-19-20-21-22-23-24-25-26-27-28-29-30-31-32-33-34-35-36-37-38-39-40-41-42-43-44-45-47-49-51-53-60(65)71-58(56-69-59(64)52-50-48-46-13-11-9-7-2)57-70-62(61(66)67)68-55-54-63(3,4)5/h8,10,14-15,17-18,20-21,23-24,26-27,29-30,32-33,35-36,38-39,41-42,58,62H,6-7,9,11-13,16,19,22,25,28,31,34,37,40,43-57H2,1-5H3/b10-8-,15-14-,18-17-,21-20-,24-23-,27-26-,30-29-,33-32-,36-35-,39-38-,42-41-. The van der Waals surface area contributed by atoms with Crippen LogP contribution in [0.1, 0.15) is 181 Å². The number of ether oxygens (including phenoxy) is 4. The molecule has 2 atom stereocenters. The van der Waals surface area contributed by atoms with Crippen molar-refractivity contribution in [2.24, 2.45) is 0 Å². The molecule has 0 rings (SSSR count). The zero-order chi connectivity index (χ0) is 52.0. The number of nitrogens with zero attached hydrogens (tertiary/aromatic N) is 1. The van der Waals surface area contributed by atoms with E-state index < -0.39 is 24.3 Å². The van der Waals surface area contributed by atoms with E-state index >= 15 is 0 Å². The van der Waals surface area contributed by atoms with Gasteiger partial charge in [-0.25, -0.2) is 0 Å². The van der Waals surface area contributed by atoms with E-state index in [0.717, 1.165) is 128 Å². The van der Waals surface area contributed by atoms with Gasteiger partial charge in [-0.2, -0.15) is 0 Å². The van der Waals surface area contributed by atoms with Crippen LogP contribution in [0.5, 0.6) is 0 Å². The lowest BCUT2D eigenvalue weighted by molar-refractivity contribution is -0.870. The molecule has 0 N–H and O–H groups in total. The molecule has 2 unspecified atom stereocenters. The largest absolute Gasteiger partial charge is 0.545 e. The van der Waals surface area contributed by atoms with Gasteiger partial charge in [0.25, 0.3) is 0 Å². The summed E-state index contributed by atoms with van der Waals surface area (Å²) in [6.45, 7) is 4.52. The van der Waals surface area contributed by atoms with E-state index in [2.05, 4.69) is 148 Å². The summed E-state index contributed by atoms with van der Waals surface area (Å²) < 4.78 is 22.5. The topological polar surface area (TPSA) is 111 Å². The Hall–Kier alpha value is -4.57. The minimum atomic E-state index is -1.63. The third-order valence-corrected chi connectivity index (χ3v) is 10.9. The molecule has 0 aromatic carbocycles. The Morgan fingerprint density at radius 2 is 0.803 bits per heavy atom. The quantitative estimate of drug-likeness (QED) is 0.0195. The minimum Gasteiger partial charge on any atom is -0.545 e. The number of unbranched alkanes of at least 4 members (excludes halogenated alkanes) is 11. The summed E-state index contributed by atoms with van der Waals surface area (Å²) in [6, 6.07) is 0. The van der Waals surface area contributed by atoms with E-state index in [1.807, 2.05) is 21.1 Å². The summed E-state index contributed by atoms with van der Waals surface area (Å²) in [5.74, 6) is -2.34. The number of esters is 2. The van der Waals surface area contributed by atoms with Crippen LogP contribution < -0.4 is 5.11 Å². The number of hydrogen-bond donors (Lipinski definition) is 0. The zero-order valence-electron chi connectivity index (χ0n) is 45.3. The predicted molar refractivity (Wildman–Crippen MR) is 296 cm³/mol. The highest BCUT2D eigenvalue weighted by Crippen LogP contribution is 2.12. The molecule has 0 heterocycles. The smallest absolute Gasteiger partial charge is 0.306 e. The molecule has 0 saturated heterocycles. The Kier molecular flexibility index (Phi) is 48.4. The molecule has 0 radical (unpaired) electrons. The van der Waals surface area contributed by atoms with Crippen LogP contribution in [0.25, 0.3) is 0 Å². The van der Waals surface area contributed by atoms with Crippen LogP contribution in [0.15, 0.2) is 134 Å². The van der Waals surface area contributed by atoms with Crippen molar-refractivity contribution < 1.29 is 42.9 Å². The summed E-state index contributed by atoms with van der Waals surface area (Å²) >= 11 is 0. The van der Waals surface area contributed by atoms with Gasteiger partial charge in [0.2, 0.25) is 0 Å². The van der Waals surface area contributed by atoms with Gasteiger partial charge in [-0.15, -0.1) is 0 Å². The molecule has 400 valence electrons. The van der Waals surface area contributed by atoms with Gasteiger partial charge in [0.1, 0.15) is 13.2 Å². The van der Waals surface area contributed by atoms with Crippen molar-refractivity contribution >= 4 is 17.9 Å². The summed E-state index contributed by atoms with van der Waals surface area (Å²) in [7, 11) is 5.89. The van der Waals surface area contributed by atoms with Crippen LogP contribution in [0.3, 0.4) is 0 Å². The van der Waals surface area contributed by atoms with Crippen molar-refractivity contribution in [3.63, 3.8) is 0 Å². The lowest BCUT2D eigenvalue weighted by Crippen LogP contribution is -2.44. The third-order valence-electron chi connectivity index (χ3n) is 10.9. The van der Waals surface area contributed by atoms with E-state index in [9.17, 15) is 19.5 Å². The summed E-state index contributed by atoms with van der Waals surface area (Å²) in [5.41, 5.74) is 0. The molecule has 0 aliphatic heterocycles. The maximum absolute atomic E-state index is 12.8. The summed E-state index contributed by atoms with van der Waals surface area (Å²) in [6.07, 6.45) is 71.1. The molecular formula is C62H99NO8. The number of aliphatic carboxylic acids is 1. The molecule has 0 bridgehead atoms. The van der Waals surface area contributed by atoms with Gasteiger partial charge in [0.15, 0.2) is 12.4 Å². The second kappa shape index (κ2) is 51.8. The van der Waals surface area contributed by atoms with E-state index in [0.29, 0.717) is 17.4 Å². The average molecular weight is 986 g/mol. The first kappa shape index (κ1) is 66.4. The van der Waals surface area contributed by atoms with Crippen LogP contribution >= 0.6 is 0 Å². The van der Waals surface area contributed by atoms with Crippen molar-refractivity contribution in [1.82, 2.24) is 0 Å². The van der Waals surface area contributed by atoms with Crippen molar-refractivity contribution in [3.8, 4) is 0 Å². The van der Waals surface area contributed by atoms with Crippen LogP contribution in [0.4, 0.5) is 0 Å². The SMILES string of the molecule is CC/C=C\C/C=C\C/C=C\C/C=C\C/C=C\C/C=C\C/C=C\C/C=C\C/C=C\C/C=C\C/C=C\CCCCCCCC(=O)OC(COC(=O)CCCCCCCCC)COC(OCC[N+](C)(C)C)C(=O)[O-]. The summed E-state index contributed by atoms with van der Waals surface area (Å²) in [5, 5.41) is 11.7. The van der Waals surface area contributed by atoms with Crippen LogP contribution in [-0.2, 0) is 33.3 Å². The van der Waals surface area contributed by atoms with Crippen molar-refractivity contribution in [2.75, 3.05) is 47.5 Å². The first-order valence-electron chi connectivity index (χ1n) is 27.3. The number of rotatable bonds is 48. The maximum Gasteiger partial charge on any atom is 0.306 e. The van der Waals surface area contributed by atoms with E-state index in [-0.39, 0.29) is 38.6 Å². The highest BCUT2D eigenvalue weighted by molar-refractivity contribution is 5.70. The number of allylic oxidation sites excluding steroid dienone is 22. The van der Waals surface area contributed by atoms with E-state index in [4.69, 9.17) is 18.9 Å². The summed E-state index contributed by atoms with van der Waals surface area (Å²) in [4.78, 5) is 36.9. The highest BCUT2D eigenvalue weighted by atomic mass is 16.7. The van der Waals surface area contributed by atoms with Crippen molar-refractivity contribution in [3.05, 3.63) is 134 Å².